The number of carbonyl (C=O) groups is 1. The summed E-state index contributed by atoms with van der Waals surface area (Å²) in [5, 5.41) is 3.75. The van der Waals surface area contributed by atoms with Gasteiger partial charge in [-0.1, -0.05) is 11.6 Å². The molecule has 0 radical (unpaired) electrons. The minimum atomic E-state index is -0.000382. The smallest absolute Gasteiger partial charge is 0.274 e. The van der Waals surface area contributed by atoms with Gasteiger partial charge in [-0.25, -0.2) is 4.98 Å². The fourth-order valence-electron chi connectivity index (χ4n) is 3.54. The number of aromatic nitrogens is 2. The van der Waals surface area contributed by atoms with E-state index in [1.165, 1.54) is 25.7 Å². The van der Waals surface area contributed by atoms with Crippen LogP contribution >= 0.6 is 0 Å². The molecule has 1 aromatic heterocycles. The van der Waals surface area contributed by atoms with Crippen LogP contribution in [0.4, 0.5) is 0 Å². The second-order valence-electron chi connectivity index (χ2n) is 6.57. The third-order valence-electron chi connectivity index (χ3n) is 4.93. The number of carbonyl (C=O) groups excluding carboxylic acids is 1. The Balaban J connectivity index is 1.48. The van der Waals surface area contributed by atoms with Gasteiger partial charge in [0.1, 0.15) is 5.69 Å². The summed E-state index contributed by atoms with van der Waals surface area (Å²) in [6.45, 7) is 3.85. The van der Waals surface area contributed by atoms with Crippen LogP contribution < -0.4 is 5.32 Å². The minimum Gasteiger partial charge on any atom is -0.337 e. The van der Waals surface area contributed by atoms with Gasteiger partial charge in [0.15, 0.2) is 0 Å². The average molecular weight is 314 g/mol. The first kappa shape index (κ1) is 16.1. The summed E-state index contributed by atoms with van der Waals surface area (Å²) in [5.74, 6) is -0.000382. The van der Waals surface area contributed by atoms with Gasteiger partial charge in [-0.15, -0.1) is 0 Å². The van der Waals surface area contributed by atoms with Gasteiger partial charge in [0.25, 0.3) is 5.91 Å². The molecule has 1 atom stereocenters. The molecule has 0 aromatic carbocycles. The Labute approximate surface area is 138 Å². The molecule has 0 saturated carbocycles. The van der Waals surface area contributed by atoms with Crippen molar-refractivity contribution in [3.05, 3.63) is 35.9 Å². The summed E-state index contributed by atoms with van der Waals surface area (Å²) >= 11 is 0. The van der Waals surface area contributed by atoms with Gasteiger partial charge >= 0.3 is 0 Å². The topological polar surface area (TPSA) is 58.1 Å². The molecule has 1 fully saturated rings. The first-order valence-corrected chi connectivity index (χ1v) is 8.74. The van der Waals surface area contributed by atoms with Gasteiger partial charge < -0.3 is 10.2 Å². The lowest BCUT2D eigenvalue weighted by molar-refractivity contribution is 0.0697. The van der Waals surface area contributed by atoms with Crippen LogP contribution in [-0.2, 0) is 0 Å². The molecule has 5 nitrogen and oxygen atoms in total. The highest BCUT2D eigenvalue weighted by atomic mass is 16.2. The van der Waals surface area contributed by atoms with Crippen molar-refractivity contribution < 1.29 is 4.79 Å². The van der Waals surface area contributed by atoms with E-state index in [1.807, 2.05) is 4.90 Å². The maximum Gasteiger partial charge on any atom is 0.274 e. The van der Waals surface area contributed by atoms with E-state index in [0.29, 0.717) is 17.8 Å². The molecule has 0 unspecified atom stereocenters. The highest BCUT2D eigenvalue weighted by Gasteiger charge is 2.25. The zero-order chi connectivity index (χ0) is 16.1. The third-order valence-corrected chi connectivity index (χ3v) is 4.93. The lowest BCUT2D eigenvalue weighted by atomic mass is 9.93. The Bertz CT molecular complexity index is 549. The van der Waals surface area contributed by atoms with Gasteiger partial charge in [-0.2, -0.15) is 0 Å². The number of nitrogens with one attached hydrogen (secondary N) is 1. The van der Waals surface area contributed by atoms with E-state index in [-0.39, 0.29) is 5.91 Å². The molecule has 1 aliphatic carbocycles. The van der Waals surface area contributed by atoms with Crippen LogP contribution in [0.5, 0.6) is 0 Å². The molecule has 0 bridgehead atoms. The van der Waals surface area contributed by atoms with Crippen LogP contribution in [0.2, 0.25) is 0 Å². The number of amides is 1. The summed E-state index contributed by atoms with van der Waals surface area (Å²) in [5.41, 5.74) is 2.01. The number of piperidine rings is 1. The van der Waals surface area contributed by atoms with Crippen molar-refractivity contribution in [2.24, 2.45) is 0 Å². The largest absolute Gasteiger partial charge is 0.337 e. The van der Waals surface area contributed by atoms with E-state index < -0.39 is 0 Å². The first-order valence-electron chi connectivity index (χ1n) is 8.74. The molecule has 23 heavy (non-hydrogen) atoms. The molecule has 3 rings (SSSR count). The second-order valence-corrected chi connectivity index (χ2v) is 6.57. The minimum absolute atomic E-state index is 0.000382. The van der Waals surface area contributed by atoms with Gasteiger partial charge in [-0.05, 0) is 45.4 Å². The number of likely N-dealkylation sites (tertiary alicyclic amines) is 1. The molecular formula is C18H26N4O. The van der Waals surface area contributed by atoms with Crippen LogP contribution in [0.3, 0.4) is 0 Å². The summed E-state index contributed by atoms with van der Waals surface area (Å²) in [7, 11) is 0. The maximum atomic E-state index is 12.4. The fourth-order valence-corrected chi connectivity index (χ4v) is 3.54. The quantitative estimate of drug-likeness (QED) is 0.868. The standard InChI is InChI=1S/C18H26N4O/c1-14(15-5-3-2-4-6-15)21-16-7-11-22(12-8-16)18(23)17-13-19-9-10-20-17/h5,9-10,13-14,16,21H,2-4,6-8,11-12H2,1H3/t14-/m0/s1. The van der Waals surface area contributed by atoms with Crippen molar-refractivity contribution in [3.63, 3.8) is 0 Å². The molecule has 1 aliphatic heterocycles. The Morgan fingerprint density at radius 2 is 2.13 bits per heavy atom. The number of allylic oxidation sites excluding steroid dienone is 1. The lowest BCUT2D eigenvalue weighted by Gasteiger charge is -2.34. The zero-order valence-electron chi connectivity index (χ0n) is 13.9. The molecule has 1 aromatic rings. The zero-order valence-corrected chi connectivity index (χ0v) is 13.9. The third kappa shape index (κ3) is 4.16. The van der Waals surface area contributed by atoms with Crippen LogP contribution in [0, 0.1) is 0 Å². The molecule has 1 amide bonds. The first-order chi connectivity index (χ1) is 11.2. The summed E-state index contributed by atoms with van der Waals surface area (Å²) < 4.78 is 0. The summed E-state index contributed by atoms with van der Waals surface area (Å²) in [6.07, 6.45) is 14.2. The van der Waals surface area contributed by atoms with Crippen LogP contribution in [0.15, 0.2) is 30.2 Å². The normalized spacial score (nSPS) is 20.9. The monoisotopic (exact) mass is 314 g/mol. The highest BCUT2D eigenvalue weighted by Crippen LogP contribution is 2.21. The molecule has 5 heteroatoms. The molecule has 1 saturated heterocycles. The second kappa shape index (κ2) is 7.68. The van der Waals surface area contributed by atoms with E-state index in [2.05, 4.69) is 28.3 Å². The number of rotatable bonds is 4. The van der Waals surface area contributed by atoms with E-state index in [9.17, 15) is 4.79 Å². The van der Waals surface area contributed by atoms with Gasteiger partial charge in [-0.3, -0.25) is 9.78 Å². The Morgan fingerprint density at radius 1 is 1.30 bits per heavy atom. The molecule has 1 N–H and O–H groups in total. The Morgan fingerprint density at radius 3 is 2.78 bits per heavy atom. The van der Waals surface area contributed by atoms with E-state index in [4.69, 9.17) is 0 Å². The SMILES string of the molecule is C[C@H](NC1CCN(C(=O)c2cnccn2)CC1)C1=CCCCC1. The van der Waals surface area contributed by atoms with Crippen molar-refractivity contribution >= 4 is 5.91 Å². The average Bonchev–Trinajstić information content (AvgIpc) is 2.63. The molecular weight excluding hydrogens is 288 g/mol. The highest BCUT2D eigenvalue weighted by molar-refractivity contribution is 5.92. The molecule has 2 heterocycles. The Hall–Kier alpha value is -1.75. The predicted molar refractivity (Wildman–Crippen MR) is 90.1 cm³/mol. The van der Waals surface area contributed by atoms with Crippen LogP contribution in [0.25, 0.3) is 0 Å². The van der Waals surface area contributed by atoms with Crippen molar-refractivity contribution in [1.82, 2.24) is 20.2 Å². The summed E-state index contributed by atoms with van der Waals surface area (Å²) in [4.78, 5) is 22.3. The lowest BCUT2D eigenvalue weighted by Crippen LogP contribution is -2.47. The number of hydrogen-bond acceptors (Lipinski definition) is 4. The molecule has 2 aliphatic rings. The van der Waals surface area contributed by atoms with E-state index in [1.54, 1.807) is 24.2 Å². The van der Waals surface area contributed by atoms with Gasteiger partial charge in [0, 0.05) is 37.6 Å². The van der Waals surface area contributed by atoms with Crippen molar-refractivity contribution in [3.8, 4) is 0 Å². The Kier molecular flexibility index (Phi) is 5.39. The molecule has 124 valence electrons. The number of hydrogen-bond donors (Lipinski definition) is 1. The van der Waals surface area contributed by atoms with Gasteiger partial charge in [0.2, 0.25) is 0 Å². The van der Waals surface area contributed by atoms with E-state index >= 15 is 0 Å². The predicted octanol–water partition coefficient (Wildman–Crippen LogP) is 2.56. The fraction of sp³-hybridized carbons (Fsp3) is 0.611. The van der Waals surface area contributed by atoms with Crippen molar-refractivity contribution in [1.29, 1.82) is 0 Å². The number of nitrogens with zero attached hydrogens (tertiary/aromatic N) is 3. The van der Waals surface area contributed by atoms with Crippen molar-refractivity contribution in [2.75, 3.05) is 13.1 Å². The van der Waals surface area contributed by atoms with E-state index in [0.717, 1.165) is 25.9 Å². The summed E-state index contributed by atoms with van der Waals surface area (Å²) in [6, 6.07) is 0.960. The van der Waals surface area contributed by atoms with Crippen LogP contribution in [-0.4, -0.2) is 45.9 Å². The van der Waals surface area contributed by atoms with Gasteiger partial charge in [0.05, 0.1) is 6.20 Å². The maximum absolute atomic E-state index is 12.4. The molecule has 0 spiro atoms. The van der Waals surface area contributed by atoms with Crippen LogP contribution in [0.1, 0.15) is 55.9 Å². The van der Waals surface area contributed by atoms with Crippen molar-refractivity contribution in [2.45, 2.75) is 57.5 Å².